The molecule has 138 valence electrons. The number of aryl methyl sites for hydroxylation is 1. The fourth-order valence-electron chi connectivity index (χ4n) is 2.67. The number of fused-ring (bicyclic) bond motifs is 1. The molecule has 9 heteroatoms. The van der Waals surface area contributed by atoms with Gasteiger partial charge in [0.2, 0.25) is 0 Å². The number of aromatic nitrogens is 4. The van der Waals surface area contributed by atoms with Crippen molar-refractivity contribution < 1.29 is 14.6 Å². The topological polar surface area (TPSA) is 94.3 Å². The summed E-state index contributed by atoms with van der Waals surface area (Å²) in [6.07, 6.45) is 1.51. The van der Waals surface area contributed by atoms with E-state index in [1.165, 1.54) is 6.33 Å². The van der Waals surface area contributed by atoms with Crippen molar-refractivity contribution in [3.63, 3.8) is 0 Å². The van der Waals surface area contributed by atoms with Gasteiger partial charge in [-0.1, -0.05) is 6.07 Å². The van der Waals surface area contributed by atoms with Crippen molar-refractivity contribution in [2.45, 2.75) is 13.0 Å². The Morgan fingerprint density at radius 3 is 2.85 bits per heavy atom. The van der Waals surface area contributed by atoms with Gasteiger partial charge in [-0.25, -0.2) is 14.6 Å². The van der Waals surface area contributed by atoms with E-state index in [1.54, 1.807) is 11.8 Å². The van der Waals surface area contributed by atoms with Crippen LogP contribution in [0.3, 0.4) is 0 Å². The third-order valence-electron chi connectivity index (χ3n) is 3.97. The highest BCUT2D eigenvalue weighted by Crippen LogP contribution is 2.33. The van der Waals surface area contributed by atoms with Crippen LogP contribution in [0.25, 0.3) is 11.0 Å². The van der Waals surface area contributed by atoms with E-state index < -0.39 is 0 Å². The van der Waals surface area contributed by atoms with Crippen molar-refractivity contribution in [2.24, 2.45) is 7.05 Å². The minimum absolute atomic E-state index is 0.0407. The SMILES string of the molecule is COc1cc(C(C)Nc2ncnc3c2c(Br)nn3C)ccc1OCCO. The van der Waals surface area contributed by atoms with Gasteiger partial charge in [0.1, 0.15) is 23.4 Å². The number of rotatable bonds is 7. The summed E-state index contributed by atoms with van der Waals surface area (Å²) in [5.74, 6) is 1.90. The second kappa shape index (κ2) is 7.88. The Labute approximate surface area is 159 Å². The standard InChI is InChI=1S/C17H20BrN5O3/c1-10(11-4-5-12(26-7-6-24)13(8-11)25-3)21-16-14-15(18)22-23(2)17(14)20-9-19-16/h4-5,8-10,24H,6-7H2,1-3H3,(H,19,20,21). The summed E-state index contributed by atoms with van der Waals surface area (Å²) in [5.41, 5.74) is 1.75. The lowest BCUT2D eigenvalue weighted by Gasteiger charge is -2.18. The van der Waals surface area contributed by atoms with Gasteiger partial charge >= 0.3 is 0 Å². The predicted octanol–water partition coefficient (Wildman–Crippen LogP) is 2.68. The third kappa shape index (κ3) is 3.58. The second-order valence-corrected chi connectivity index (χ2v) is 6.43. The van der Waals surface area contributed by atoms with E-state index in [4.69, 9.17) is 14.6 Å². The Kier molecular flexibility index (Phi) is 5.58. The Balaban J connectivity index is 1.87. The lowest BCUT2D eigenvalue weighted by molar-refractivity contribution is 0.196. The summed E-state index contributed by atoms with van der Waals surface area (Å²) in [6, 6.07) is 5.64. The highest BCUT2D eigenvalue weighted by atomic mass is 79.9. The fourth-order valence-corrected chi connectivity index (χ4v) is 3.27. The molecule has 0 amide bonds. The zero-order valence-corrected chi connectivity index (χ0v) is 16.3. The summed E-state index contributed by atoms with van der Waals surface area (Å²) >= 11 is 3.46. The lowest BCUT2D eigenvalue weighted by Crippen LogP contribution is -2.09. The molecule has 3 aromatic rings. The number of nitrogens with one attached hydrogen (secondary N) is 1. The third-order valence-corrected chi connectivity index (χ3v) is 4.52. The molecule has 1 unspecified atom stereocenters. The number of aliphatic hydroxyl groups is 1. The van der Waals surface area contributed by atoms with Crippen molar-refractivity contribution in [3.8, 4) is 11.5 Å². The Bertz CT molecular complexity index is 915. The molecule has 26 heavy (non-hydrogen) atoms. The van der Waals surface area contributed by atoms with Gasteiger partial charge in [0, 0.05) is 7.05 Å². The number of methoxy groups -OCH3 is 1. The molecule has 2 N–H and O–H groups in total. The molecule has 1 atom stereocenters. The zero-order valence-electron chi connectivity index (χ0n) is 14.7. The van der Waals surface area contributed by atoms with Crippen molar-refractivity contribution in [1.29, 1.82) is 0 Å². The molecule has 2 heterocycles. The average molecular weight is 422 g/mol. The molecule has 3 rings (SSSR count). The van der Waals surface area contributed by atoms with E-state index in [1.807, 2.05) is 32.2 Å². The highest BCUT2D eigenvalue weighted by Gasteiger charge is 2.16. The average Bonchev–Trinajstić information content (AvgIpc) is 2.94. The van der Waals surface area contributed by atoms with Crippen LogP contribution in [-0.2, 0) is 7.05 Å². The number of anilines is 1. The van der Waals surface area contributed by atoms with Crippen molar-refractivity contribution in [3.05, 3.63) is 34.7 Å². The smallest absolute Gasteiger partial charge is 0.164 e. The van der Waals surface area contributed by atoms with Crippen LogP contribution in [0.4, 0.5) is 5.82 Å². The lowest BCUT2D eigenvalue weighted by atomic mass is 10.1. The van der Waals surface area contributed by atoms with Gasteiger partial charge in [0.15, 0.2) is 17.1 Å². The number of ether oxygens (including phenoxy) is 2. The summed E-state index contributed by atoms with van der Waals surface area (Å²) in [7, 11) is 3.42. The maximum atomic E-state index is 8.91. The molecule has 2 aromatic heterocycles. The molecule has 1 aromatic carbocycles. The van der Waals surface area contributed by atoms with Crippen LogP contribution in [0.15, 0.2) is 29.1 Å². The van der Waals surface area contributed by atoms with Crippen molar-refractivity contribution in [1.82, 2.24) is 19.7 Å². The van der Waals surface area contributed by atoms with Gasteiger partial charge in [-0.3, -0.25) is 0 Å². The minimum Gasteiger partial charge on any atom is -0.493 e. The maximum absolute atomic E-state index is 8.91. The van der Waals surface area contributed by atoms with Crippen LogP contribution >= 0.6 is 15.9 Å². The van der Waals surface area contributed by atoms with E-state index in [0.29, 0.717) is 21.9 Å². The Morgan fingerprint density at radius 2 is 2.12 bits per heavy atom. The normalized spacial score (nSPS) is 12.2. The van der Waals surface area contributed by atoms with Gasteiger partial charge in [0.25, 0.3) is 0 Å². The second-order valence-electron chi connectivity index (χ2n) is 5.68. The Morgan fingerprint density at radius 1 is 1.31 bits per heavy atom. The van der Waals surface area contributed by atoms with Crippen molar-refractivity contribution >= 4 is 32.8 Å². The van der Waals surface area contributed by atoms with Crippen LogP contribution in [0.5, 0.6) is 11.5 Å². The molecule has 0 aliphatic carbocycles. The van der Waals surface area contributed by atoms with Crippen LogP contribution in [-0.4, -0.2) is 45.2 Å². The van der Waals surface area contributed by atoms with Crippen molar-refractivity contribution in [2.75, 3.05) is 25.6 Å². The molecule has 0 bridgehead atoms. The quantitative estimate of drug-likeness (QED) is 0.605. The van der Waals surface area contributed by atoms with E-state index in [0.717, 1.165) is 16.6 Å². The van der Waals surface area contributed by atoms with Gasteiger partial charge < -0.3 is 19.9 Å². The monoisotopic (exact) mass is 421 g/mol. The van der Waals surface area contributed by atoms with Crippen LogP contribution in [0.1, 0.15) is 18.5 Å². The molecule has 0 aliphatic rings. The summed E-state index contributed by atoms with van der Waals surface area (Å²) in [6.45, 7) is 2.20. The molecule has 0 spiro atoms. The molecule has 0 aliphatic heterocycles. The molecule has 8 nitrogen and oxygen atoms in total. The van der Waals surface area contributed by atoms with Crippen LogP contribution < -0.4 is 14.8 Å². The number of aliphatic hydroxyl groups excluding tert-OH is 1. The predicted molar refractivity (Wildman–Crippen MR) is 102 cm³/mol. The number of halogens is 1. The van der Waals surface area contributed by atoms with Crippen LogP contribution in [0, 0.1) is 0 Å². The minimum atomic E-state index is -0.0490. The first-order valence-corrected chi connectivity index (χ1v) is 8.85. The zero-order chi connectivity index (χ0) is 18.7. The highest BCUT2D eigenvalue weighted by molar-refractivity contribution is 9.10. The van der Waals surface area contributed by atoms with Gasteiger partial charge in [-0.05, 0) is 40.5 Å². The van der Waals surface area contributed by atoms with E-state index in [-0.39, 0.29) is 19.3 Å². The molecular weight excluding hydrogens is 402 g/mol. The summed E-state index contributed by atoms with van der Waals surface area (Å²) in [5, 5.41) is 17.5. The number of hydrogen-bond acceptors (Lipinski definition) is 7. The summed E-state index contributed by atoms with van der Waals surface area (Å²) < 4.78 is 13.3. The van der Waals surface area contributed by atoms with Crippen LogP contribution in [0.2, 0.25) is 0 Å². The largest absolute Gasteiger partial charge is 0.493 e. The molecule has 0 saturated heterocycles. The van der Waals surface area contributed by atoms with E-state index >= 15 is 0 Å². The van der Waals surface area contributed by atoms with Gasteiger partial charge in [0.05, 0.1) is 25.1 Å². The first kappa shape index (κ1) is 18.4. The summed E-state index contributed by atoms with van der Waals surface area (Å²) in [4.78, 5) is 8.63. The van der Waals surface area contributed by atoms with Gasteiger partial charge in [-0.15, -0.1) is 0 Å². The van der Waals surface area contributed by atoms with Gasteiger partial charge in [-0.2, -0.15) is 5.10 Å². The first-order valence-electron chi connectivity index (χ1n) is 8.06. The first-order chi connectivity index (χ1) is 12.5. The van der Waals surface area contributed by atoms with E-state index in [9.17, 15) is 0 Å². The molecular formula is C17H20BrN5O3. The molecule has 0 radical (unpaired) electrons. The fraction of sp³-hybridized carbons (Fsp3) is 0.353. The molecule has 0 saturated carbocycles. The number of nitrogens with zero attached hydrogens (tertiary/aromatic N) is 4. The number of hydrogen-bond donors (Lipinski definition) is 2. The maximum Gasteiger partial charge on any atom is 0.164 e. The van der Waals surface area contributed by atoms with E-state index in [2.05, 4.69) is 36.3 Å². The number of benzene rings is 1. The Hall–Kier alpha value is -2.39. The molecule has 0 fully saturated rings.